The van der Waals surface area contributed by atoms with Gasteiger partial charge in [-0.1, -0.05) is 32.9 Å². The van der Waals surface area contributed by atoms with Gasteiger partial charge >= 0.3 is 0 Å². The Labute approximate surface area is 148 Å². The summed E-state index contributed by atoms with van der Waals surface area (Å²) in [5.74, 6) is 0.0244. The molecule has 25 heavy (non-hydrogen) atoms. The van der Waals surface area contributed by atoms with E-state index in [1.54, 1.807) is 12.5 Å². The van der Waals surface area contributed by atoms with Gasteiger partial charge in [-0.2, -0.15) is 0 Å². The standard InChI is InChI=1S/C20H26N4O/c1-20(2,3)14-7-13-10-24(19(25)18-9-21-12-23-18)11-16(13)15(8-14)17-5-4-6-22-17/h7-9,12,17,22H,4-6,10-11H2,1-3H3,(H,21,23)/t17-/m0/s1. The first-order chi connectivity index (χ1) is 11.9. The van der Waals surface area contributed by atoms with Gasteiger partial charge in [-0.15, -0.1) is 0 Å². The molecule has 2 aromatic rings. The van der Waals surface area contributed by atoms with Crippen molar-refractivity contribution in [1.29, 1.82) is 0 Å². The Hall–Kier alpha value is -2.14. The number of rotatable bonds is 2. The summed E-state index contributed by atoms with van der Waals surface area (Å²) >= 11 is 0. The number of imidazole rings is 1. The lowest BCUT2D eigenvalue weighted by Gasteiger charge is -2.24. The van der Waals surface area contributed by atoms with Crippen molar-refractivity contribution in [2.45, 2.75) is 58.2 Å². The first-order valence-electron chi connectivity index (χ1n) is 9.10. The van der Waals surface area contributed by atoms with Crippen molar-refractivity contribution in [1.82, 2.24) is 20.2 Å². The van der Waals surface area contributed by atoms with E-state index < -0.39 is 0 Å². The van der Waals surface area contributed by atoms with Crippen molar-refractivity contribution in [2.24, 2.45) is 0 Å². The summed E-state index contributed by atoms with van der Waals surface area (Å²) in [5, 5.41) is 3.63. The van der Waals surface area contributed by atoms with Gasteiger partial charge in [-0.3, -0.25) is 4.79 Å². The lowest BCUT2D eigenvalue weighted by molar-refractivity contribution is 0.0746. The Balaban J connectivity index is 1.71. The summed E-state index contributed by atoms with van der Waals surface area (Å²) in [6, 6.07) is 5.08. The van der Waals surface area contributed by atoms with Crippen molar-refractivity contribution >= 4 is 5.91 Å². The van der Waals surface area contributed by atoms with Crippen LogP contribution in [0.2, 0.25) is 0 Å². The SMILES string of the molecule is CC(C)(C)c1cc2c(c([C@@H]3CCCN3)c1)CN(C(=O)c1cnc[nH]1)C2. The van der Waals surface area contributed by atoms with Crippen LogP contribution in [0.25, 0.3) is 0 Å². The molecule has 0 bridgehead atoms. The van der Waals surface area contributed by atoms with Gasteiger partial charge in [0.05, 0.1) is 12.5 Å². The maximum Gasteiger partial charge on any atom is 0.272 e. The normalized spacial score (nSPS) is 20.1. The highest BCUT2D eigenvalue weighted by molar-refractivity contribution is 5.92. The third kappa shape index (κ3) is 2.97. The number of amides is 1. The Morgan fingerprint density at radius 1 is 1.28 bits per heavy atom. The van der Waals surface area contributed by atoms with Gasteiger partial charge in [0, 0.05) is 19.1 Å². The molecule has 1 fully saturated rings. The van der Waals surface area contributed by atoms with E-state index in [2.05, 4.69) is 48.2 Å². The average Bonchev–Trinajstić information content (AvgIpc) is 3.32. The predicted octanol–water partition coefficient (Wildman–Crippen LogP) is 3.29. The minimum absolute atomic E-state index is 0.0244. The van der Waals surface area contributed by atoms with E-state index in [0.717, 1.165) is 6.54 Å². The van der Waals surface area contributed by atoms with Crippen molar-refractivity contribution in [3.63, 3.8) is 0 Å². The number of fused-ring (bicyclic) bond motifs is 1. The van der Waals surface area contributed by atoms with Crippen molar-refractivity contribution in [3.05, 3.63) is 52.6 Å². The van der Waals surface area contributed by atoms with E-state index in [0.29, 0.717) is 24.8 Å². The number of aromatic amines is 1. The van der Waals surface area contributed by atoms with E-state index in [9.17, 15) is 4.79 Å². The molecule has 2 aliphatic rings. The zero-order chi connectivity index (χ0) is 17.6. The monoisotopic (exact) mass is 338 g/mol. The second kappa shape index (κ2) is 5.99. The van der Waals surface area contributed by atoms with Crippen LogP contribution in [0.4, 0.5) is 0 Å². The Bertz CT molecular complexity index is 783. The van der Waals surface area contributed by atoms with E-state index in [1.807, 2.05) is 4.90 Å². The molecule has 0 unspecified atom stereocenters. The zero-order valence-electron chi connectivity index (χ0n) is 15.2. The lowest BCUT2D eigenvalue weighted by atomic mass is 9.82. The van der Waals surface area contributed by atoms with E-state index in [4.69, 9.17) is 0 Å². The topological polar surface area (TPSA) is 61.0 Å². The molecule has 0 spiro atoms. The van der Waals surface area contributed by atoms with E-state index >= 15 is 0 Å². The summed E-state index contributed by atoms with van der Waals surface area (Å²) in [6.45, 7) is 9.20. The van der Waals surface area contributed by atoms with E-state index in [-0.39, 0.29) is 11.3 Å². The lowest BCUT2D eigenvalue weighted by Crippen LogP contribution is -2.25. The zero-order valence-corrected chi connectivity index (χ0v) is 15.2. The minimum atomic E-state index is 0.0244. The molecule has 0 aliphatic carbocycles. The van der Waals surface area contributed by atoms with Gasteiger partial charge < -0.3 is 15.2 Å². The summed E-state index contributed by atoms with van der Waals surface area (Å²) < 4.78 is 0. The average molecular weight is 338 g/mol. The number of carbonyl (C=O) groups excluding carboxylic acids is 1. The Morgan fingerprint density at radius 3 is 2.76 bits per heavy atom. The number of H-pyrrole nitrogens is 1. The third-order valence-corrected chi connectivity index (χ3v) is 5.40. The fourth-order valence-corrected chi connectivity index (χ4v) is 3.92. The summed E-state index contributed by atoms with van der Waals surface area (Å²) in [4.78, 5) is 21.6. The molecule has 2 aliphatic heterocycles. The van der Waals surface area contributed by atoms with Crippen LogP contribution in [0.1, 0.15) is 72.4 Å². The van der Waals surface area contributed by atoms with Crippen LogP contribution in [-0.2, 0) is 18.5 Å². The molecule has 1 amide bonds. The number of hydrogen-bond donors (Lipinski definition) is 2. The smallest absolute Gasteiger partial charge is 0.272 e. The summed E-state index contributed by atoms with van der Waals surface area (Å²) in [6.07, 6.45) is 5.55. The molecule has 1 saturated heterocycles. The van der Waals surface area contributed by atoms with Gasteiger partial charge in [0.15, 0.2) is 0 Å². The molecular formula is C20H26N4O. The van der Waals surface area contributed by atoms with Crippen LogP contribution in [0, 0.1) is 0 Å². The van der Waals surface area contributed by atoms with Gasteiger partial charge in [-0.25, -0.2) is 4.98 Å². The molecule has 3 heterocycles. The Morgan fingerprint density at radius 2 is 2.12 bits per heavy atom. The van der Waals surface area contributed by atoms with Crippen LogP contribution in [-0.4, -0.2) is 27.3 Å². The van der Waals surface area contributed by atoms with Crippen LogP contribution < -0.4 is 5.32 Å². The molecule has 5 nitrogen and oxygen atoms in total. The molecule has 132 valence electrons. The maximum atomic E-state index is 12.7. The molecule has 1 atom stereocenters. The second-order valence-corrected chi connectivity index (χ2v) is 8.23. The largest absolute Gasteiger partial charge is 0.341 e. The van der Waals surface area contributed by atoms with E-state index in [1.165, 1.54) is 35.1 Å². The maximum absolute atomic E-state index is 12.7. The third-order valence-electron chi connectivity index (χ3n) is 5.40. The molecular weight excluding hydrogens is 312 g/mol. The highest BCUT2D eigenvalue weighted by Gasteiger charge is 2.31. The highest BCUT2D eigenvalue weighted by atomic mass is 16.2. The number of carbonyl (C=O) groups is 1. The van der Waals surface area contributed by atoms with Gasteiger partial charge in [0.1, 0.15) is 5.69 Å². The summed E-state index contributed by atoms with van der Waals surface area (Å²) in [7, 11) is 0. The molecule has 1 aromatic heterocycles. The molecule has 2 N–H and O–H groups in total. The Kier molecular flexibility index (Phi) is 3.91. The number of benzene rings is 1. The van der Waals surface area contributed by atoms with Crippen LogP contribution in [0.3, 0.4) is 0 Å². The highest BCUT2D eigenvalue weighted by Crippen LogP contribution is 2.37. The minimum Gasteiger partial charge on any atom is -0.341 e. The van der Waals surface area contributed by atoms with Gasteiger partial charge in [0.2, 0.25) is 0 Å². The molecule has 0 radical (unpaired) electrons. The number of nitrogens with one attached hydrogen (secondary N) is 2. The van der Waals surface area contributed by atoms with Crippen molar-refractivity contribution < 1.29 is 4.79 Å². The second-order valence-electron chi connectivity index (χ2n) is 8.23. The van der Waals surface area contributed by atoms with Crippen LogP contribution >= 0.6 is 0 Å². The van der Waals surface area contributed by atoms with Crippen molar-refractivity contribution in [3.8, 4) is 0 Å². The van der Waals surface area contributed by atoms with Crippen molar-refractivity contribution in [2.75, 3.05) is 6.54 Å². The predicted molar refractivity (Wildman–Crippen MR) is 97.3 cm³/mol. The fraction of sp³-hybridized carbons (Fsp3) is 0.500. The van der Waals surface area contributed by atoms with Gasteiger partial charge in [0.25, 0.3) is 5.91 Å². The quantitative estimate of drug-likeness (QED) is 0.883. The number of aromatic nitrogens is 2. The first kappa shape index (κ1) is 16.3. The number of hydrogen-bond acceptors (Lipinski definition) is 3. The molecule has 1 aromatic carbocycles. The molecule has 4 rings (SSSR count). The first-order valence-corrected chi connectivity index (χ1v) is 9.10. The summed E-state index contributed by atoms with van der Waals surface area (Å²) in [5.41, 5.74) is 6.03. The molecule has 5 heteroatoms. The fourth-order valence-electron chi connectivity index (χ4n) is 3.92. The van der Waals surface area contributed by atoms with Gasteiger partial charge in [-0.05, 0) is 47.1 Å². The number of nitrogens with zero attached hydrogens (tertiary/aromatic N) is 2. The molecule has 0 saturated carbocycles. The van der Waals surface area contributed by atoms with Crippen LogP contribution in [0.5, 0.6) is 0 Å². The van der Waals surface area contributed by atoms with Crippen LogP contribution in [0.15, 0.2) is 24.7 Å².